The fourth-order valence-electron chi connectivity index (χ4n) is 3.16. The highest BCUT2D eigenvalue weighted by Crippen LogP contribution is 2.32. The lowest BCUT2D eigenvalue weighted by Crippen LogP contribution is -2.17. The van der Waals surface area contributed by atoms with Crippen molar-refractivity contribution in [3.8, 4) is 11.3 Å². The van der Waals surface area contributed by atoms with Gasteiger partial charge >= 0.3 is 12.1 Å². The number of halogens is 4. The maximum atomic E-state index is 13.7. The zero-order valence-electron chi connectivity index (χ0n) is 17.5. The summed E-state index contributed by atoms with van der Waals surface area (Å²) in [6.45, 7) is 1.71. The van der Waals surface area contributed by atoms with Crippen LogP contribution in [0.3, 0.4) is 0 Å². The lowest BCUT2D eigenvalue weighted by atomic mass is 10.1. The van der Waals surface area contributed by atoms with Crippen molar-refractivity contribution in [3.63, 3.8) is 0 Å². The molecule has 174 valence electrons. The highest BCUT2D eigenvalue weighted by atomic mass is 35.5. The Labute approximate surface area is 195 Å². The molecule has 0 bridgehead atoms. The number of nitrogens with zero attached hydrogens (tertiary/aromatic N) is 4. The van der Waals surface area contributed by atoms with Gasteiger partial charge in [0.1, 0.15) is 0 Å². The molecule has 2 aromatic heterocycles. The molecule has 0 aliphatic carbocycles. The van der Waals surface area contributed by atoms with E-state index >= 15 is 0 Å². The number of nitrogen functional groups attached to an aromatic ring is 1. The van der Waals surface area contributed by atoms with Gasteiger partial charge in [0.25, 0.3) is 0 Å². The van der Waals surface area contributed by atoms with Crippen LogP contribution < -0.4 is 11.5 Å². The Hall–Kier alpha value is -4.12. The van der Waals surface area contributed by atoms with Gasteiger partial charge in [-0.2, -0.15) is 18.3 Å². The Morgan fingerprint density at radius 1 is 1.15 bits per heavy atom. The van der Waals surface area contributed by atoms with Crippen molar-refractivity contribution in [3.05, 3.63) is 82.1 Å². The highest BCUT2D eigenvalue weighted by Gasteiger charge is 2.35. The first kappa shape index (κ1) is 23.1. The van der Waals surface area contributed by atoms with Crippen LogP contribution in [0.1, 0.15) is 27.3 Å². The van der Waals surface area contributed by atoms with Gasteiger partial charge in [0.15, 0.2) is 22.9 Å². The van der Waals surface area contributed by atoms with E-state index in [4.69, 9.17) is 27.9 Å². The van der Waals surface area contributed by atoms with Crippen LogP contribution in [0.2, 0.25) is 5.02 Å². The molecule has 0 aliphatic rings. The van der Waals surface area contributed by atoms with E-state index in [0.717, 1.165) is 12.1 Å². The second kappa shape index (κ2) is 8.67. The summed E-state index contributed by atoms with van der Waals surface area (Å²) in [6, 6.07) is 12.9. The lowest BCUT2D eigenvalue weighted by molar-refractivity contribution is -0.142. The Balaban J connectivity index is 1.70. The minimum absolute atomic E-state index is 0.0238. The molecule has 2 heterocycles. The van der Waals surface area contributed by atoms with Crippen LogP contribution in [-0.2, 0) is 11.0 Å². The number of benzene rings is 2. The standard InChI is InChI=1S/C22H16ClF3N6O2/c1-11-14(3-2-4-15(11)27)20(28)31-34-21(33)17-10-19-29-16(12-5-7-13(23)8-6-12)9-18(22(24,25)26)32(19)30-17/h2-10H,27H2,1H3,(H2,28,31). The second-order valence-corrected chi connectivity index (χ2v) is 7.64. The maximum absolute atomic E-state index is 13.7. The van der Waals surface area contributed by atoms with Crippen LogP contribution in [-0.4, -0.2) is 26.4 Å². The van der Waals surface area contributed by atoms with E-state index in [1.165, 1.54) is 24.3 Å². The summed E-state index contributed by atoms with van der Waals surface area (Å²) in [6.07, 6.45) is -4.77. The van der Waals surface area contributed by atoms with E-state index in [2.05, 4.69) is 15.2 Å². The van der Waals surface area contributed by atoms with Gasteiger partial charge in [-0.05, 0) is 36.8 Å². The van der Waals surface area contributed by atoms with Crippen LogP contribution in [0.5, 0.6) is 0 Å². The molecule has 34 heavy (non-hydrogen) atoms. The molecule has 0 unspecified atom stereocenters. The van der Waals surface area contributed by atoms with Crippen molar-refractivity contribution in [1.82, 2.24) is 14.6 Å². The highest BCUT2D eigenvalue weighted by molar-refractivity contribution is 6.30. The SMILES string of the molecule is Cc1c(N)cccc1/C(N)=N/OC(=O)c1cc2nc(-c3ccc(Cl)cc3)cc(C(F)(F)F)n2n1. The fourth-order valence-corrected chi connectivity index (χ4v) is 3.29. The van der Waals surface area contributed by atoms with Gasteiger partial charge in [-0.15, -0.1) is 0 Å². The first-order chi connectivity index (χ1) is 16.0. The molecule has 0 saturated heterocycles. The third-order valence-electron chi connectivity index (χ3n) is 4.95. The summed E-state index contributed by atoms with van der Waals surface area (Å²) in [5.74, 6) is -1.25. The molecule has 0 spiro atoms. The molecule has 0 fully saturated rings. The minimum atomic E-state index is -4.77. The van der Waals surface area contributed by atoms with Crippen LogP contribution in [0.25, 0.3) is 16.9 Å². The largest absolute Gasteiger partial charge is 0.433 e. The number of alkyl halides is 3. The predicted octanol–water partition coefficient (Wildman–Crippen LogP) is 4.44. The molecule has 2 aromatic carbocycles. The number of anilines is 1. The van der Waals surface area contributed by atoms with Gasteiger partial charge in [-0.25, -0.2) is 14.3 Å². The van der Waals surface area contributed by atoms with Crippen LogP contribution >= 0.6 is 11.6 Å². The number of carbonyl (C=O) groups is 1. The Kier molecular flexibility index (Phi) is 5.88. The van der Waals surface area contributed by atoms with Gasteiger partial charge in [-0.1, -0.05) is 41.0 Å². The third-order valence-corrected chi connectivity index (χ3v) is 5.20. The smallest absolute Gasteiger partial charge is 0.398 e. The number of carbonyl (C=O) groups excluding carboxylic acids is 1. The topological polar surface area (TPSA) is 121 Å². The van der Waals surface area contributed by atoms with Crippen molar-refractivity contribution in [2.75, 3.05) is 5.73 Å². The molecule has 0 atom stereocenters. The van der Waals surface area contributed by atoms with Crippen molar-refractivity contribution in [1.29, 1.82) is 0 Å². The zero-order valence-corrected chi connectivity index (χ0v) is 18.2. The van der Waals surface area contributed by atoms with E-state index < -0.39 is 23.5 Å². The average molecular weight is 489 g/mol. The van der Waals surface area contributed by atoms with E-state index in [0.29, 0.717) is 31.9 Å². The molecule has 4 rings (SSSR count). The molecule has 12 heteroatoms. The molecular weight excluding hydrogens is 473 g/mol. The van der Waals surface area contributed by atoms with Crippen LogP contribution in [0.4, 0.5) is 18.9 Å². The summed E-state index contributed by atoms with van der Waals surface area (Å²) in [7, 11) is 0. The Morgan fingerprint density at radius 2 is 1.85 bits per heavy atom. The third kappa shape index (κ3) is 4.50. The summed E-state index contributed by atoms with van der Waals surface area (Å²) < 4.78 is 41.7. The summed E-state index contributed by atoms with van der Waals surface area (Å²) in [5, 5.41) is 7.71. The normalized spacial score (nSPS) is 12.2. The molecular formula is C22H16ClF3N6O2. The first-order valence-electron chi connectivity index (χ1n) is 9.69. The fraction of sp³-hybridized carbons (Fsp3) is 0.0909. The molecule has 4 aromatic rings. The number of hydrogen-bond acceptors (Lipinski definition) is 6. The number of hydrogen-bond donors (Lipinski definition) is 2. The number of rotatable bonds is 4. The van der Waals surface area contributed by atoms with E-state index in [1.807, 2.05) is 0 Å². The number of amidine groups is 1. The van der Waals surface area contributed by atoms with Crippen LogP contribution in [0, 0.1) is 6.92 Å². The van der Waals surface area contributed by atoms with Crippen molar-refractivity contribution < 1.29 is 22.8 Å². The molecule has 4 N–H and O–H groups in total. The number of fused-ring (bicyclic) bond motifs is 1. The van der Waals surface area contributed by atoms with Crippen molar-refractivity contribution in [2.24, 2.45) is 10.9 Å². The molecule has 0 aliphatic heterocycles. The molecule has 8 nitrogen and oxygen atoms in total. The van der Waals surface area contributed by atoms with Gasteiger partial charge in [0.05, 0.1) is 5.69 Å². The average Bonchev–Trinajstić information content (AvgIpc) is 3.22. The van der Waals surface area contributed by atoms with E-state index in [1.54, 1.807) is 25.1 Å². The Bertz CT molecular complexity index is 1430. The van der Waals surface area contributed by atoms with Crippen molar-refractivity contribution in [2.45, 2.75) is 13.1 Å². The lowest BCUT2D eigenvalue weighted by Gasteiger charge is -2.11. The predicted molar refractivity (Wildman–Crippen MR) is 120 cm³/mol. The van der Waals surface area contributed by atoms with Crippen molar-refractivity contribution >= 4 is 34.7 Å². The van der Waals surface area contributed by atoms with E-state index in [9.17, 15) is 18.0 Å². The zero-order chi connectivity index (χ0) is 24.6. The quantitative estimate of drug-likeness (QED) is 0.144. The van der Waals surface area contributed by atoms with E-state index in [-0.39, 0.29) is 17.2 Å². The summed E-state index contributed by atoms with van der Waals surface area (Å²) in [5.41, 5.74) is 11.9. The Morgan fingerprint density at radius 3 is 2.53 bits per heavy atom. The number of aromatic nitrogens is 3. The second-order valence-electron chi connectivity index (χ2n) is 7.21. The number of nitrogens with two attached hydrogens (primary N) is 2. The van der Waals surface area contributed by atoms with Crippen LogP contribution in [0.15, 0.2) is 59.8 Å². The van der Waals surface area contributed by atoms with Gasteiger partial charge in [-0.3, -0.25) is 0 Å². The first-order valence-corrected chi connectivity index (χ1v) is 10.1. The summed E-state index contributed by atoms with van der Waals surface area (Å²) in [4.78, 5) is 21.4. The molecule has 0 radical (unpaired) electrons. The molecule has 0 saturated carbocycles. The maximum Gasteiger partial charge on any atom is 0.433 e. The van der Waals surface area contributed by atoms with Gasteiger partial charge < -0.3 is 16.3 Å². The minimum Gasteiger partial charge on any atom is -0.398 e. The number of oxime groups is 1. The monoisotopic (exact) mass is 488 g/mol. The summed E-state index contributed by atoms with van der Waals surface area (Å²) >= 11 is 5.85. The van der Waals surface area contributed by atoms with Gasteiger partial charge in [0.2, 0.25) is 0 Å². The van der Waals surface area contributed by atoms with Gasteiger partial charge in [0, 0.05) is 27.9 Å². The molecule has 0 amide bonds.